The van der Waals surface area contributed by atoms with E-state index in [0.29, 0.717) is 34.2 Å². The number of hydrogen-bond acceptors (Lipinski definition) is 5. The van der Waals surface area contributed by atoms with Crippen LogP contribution in [0.25, 0.3) is 0 Å². The molecule has 0 saturated carbocycles. The van der Waals surface area contributed by atoms with Crippen LogP contribution in [0, 0.1) is 0 Å². The minimum Gasteiger partial charge on any atom is -0.497 e. The quantitative estimate of drug-likeness (QED) is 0.317. The van der Waals surface area contributed by atoms with E-state index >= 15 is 0 Å². The van der Waals surface area contributed by atoms with Gasteiger partial charge in [-0.2, -0.15) is 23.0 Å². The van der Waals surface area contributed by atoms with Crippen LogP contribution in [-0.4, -0.2) is 21.2 Å². The molecule has 2 N–H and O–H groups in total. The molecule has 37 heavy (non-hydrogen) atoms. The number of rotatable bonds is 7. The third kappa shape index (κ3) is 6.15. The fraction of sp³-hybridized carbons (Fsp3) is 0.208. The second kappa shape index (κ2) is 10.7. The van der Waals surface area contributed by atoms with E-state index in [1.807, 2.05) is 12.1 Å². The van der Waals surface area contributed by atoms with Crippen molar-refractivity contribution >= 4 is 50.5 Å². The second-order valence-electron chi connectivity index (χ2n) is 8.13. The van der Waals surface area contributed by atoms with Crippen molar-refractivity contribution in [3.63, 3.8) is 0 Å². The molecule has 13 heteroatoms. The van der Waals surface area contributed by atoms with E-state index in [2.05, 4.69) is 15.2 Å². The number of ether oxygens (including phenoxy) is 1. The predicted molar refractivity (Wildman–Crippen MR) is 137 cm³/mol. The minimum absolute atomic E-state index is 0.144. The molecule has 3 aromatic rings. The number of methoxy groups -OCH3 is 1. The highest BCUT2D eigenvalue weighted by atomic mass is 35.5. The molecule has 0 bridgehead atoms. The molecule has 0 radical (unpaired) electrons. The summed E-state index contributed by atoms with van der Waals surface area (Å²) in [4.78, 5) is -0.725. The molecular weight excluding hydrogens is 574 g/mol. The summed E-state index contributed by atoms with van der Waals surface area (Å²) in [5.41, 5.74) is 3.36. The Kier molecular flexibility index (Phi) is 7.96. The Morgan fingerprint density at radius 2 is 1.73 bits per heavy atom. The van der Waals surface area contributed by atoms with E-state index in [1.165, 1.54) is 18.2 Å². The molecule has 1 aliphatic heterocycles. The van der Waals surface area contributed by atoms with Gasteiger partial charge in [-0.15, -0.1) is 0 Å². The van der Waals surface area contributed by atoms with Gasteiger partial charge in [-0.05, 0) is 53.6 Å². The summed E-state index contributed by atoms with van der Waals surface area (Å²) in [7, 11) is -3.03. The molecule has 0 spiro atoms. The summed E-state index contributed by atoms with van der Waals surface area (Å²) in [5, 5.41) is 4.43. The molecule has 0 amide bonds. The number of alkyl halides is 3. The van der Waals surface area contributed by atoms with Crippen LogP contribution in [0.3, 0.4) is 0 Å². The first-order chi connectivity index (χ1) is 17.4. The summed E-state index contributed by atoms with van der Waals surface area (Å²) in [6, 6.07) is 12.4. The van der Waals surface area contributed by atoms with Gasteiger partial charge in [0.05, 0.1) is 35.5 Å². The zero-order chi connectivity index (χ0) is 27.0. The van der Waals surface area contributed by atoms with Crippen molar-refractivity contribution < 1.29 is 26.3 Å². The lowest BCUT2D eigenvalue weighted by atomic mass is 9.96. The van der Waals surface area contributed by atoms with E-state index in [-0.39, 0.29) is 22.5 Å². The van der Waals surface area contributed by atoms with Gasteiger partial charge in [0.1, 0.15) is 10.6 Å². The fourth-order valence-electron chi connectivity index (χ4n) is 3.82. The summed E-state index contributed by atoms with van der Waals surface area (Å²) >= 11 is 18.4. The van der Waals surface area contributed by atoms with Crippen LogP contribution >= 0.6 is 34.8 Å². The van der Waals surface area contributed by atoms with Gasteiger partial charge < -0.3 is 10.2 Å². The molecule has 0 saturated heterocycles. The monoisotopic (exact) mass is 591 g/mol. The molecule has 0 fully saturated rings. The molecule has 2 unspecified atom stereocenters. The third-order valence-electron chi connectivity index (χ3n) is 5.72. The van der Waals surface area contributed by atoms with Crippen LogP contribution < -0.4 is 14.9 Å². The Labute approximate surface area is 226 Å². The largest absolute Gasteiger partial charge is 0.497 e. The van der Waals surface area contributed by atoms with Crippen molar-refractivity contribution in [1.82, 2.24) is 10.1 Å². The summed E-state index contributed by atoms with van der Waals surface area (Å²) in [6.07, 6.45) is -4.49. The highest BCUT2D eigenvalue weighted by molar-refractivity contribution is 7.89. The zero-order valence-corrected chi connectivity index (χ0v) is 22.1. The van der Waals surface area contributed by atoms with Gasteiger partial charge >= 0.3 is 6.18 Å². The van der Waals surface area contributed by atoms with Crippen molar-refractivity contribution in [2.45, 2.75) is 29.6 Å². The first-order valence-electron chi connectivity index (χ1n) is 10.7. The average Bonchev–Trinajstić information content (AvgIpc) is 3.32. The molecule has 1 heterocycles. The van der Waals surface area contributed by atoms with Gasteiger partial charge in [-0.25, -0.2) is 8.42 Å². The highest BCUT2D eigenvalue weighted by Gasteiger charge is 2.36. The maximum Gasteiger partial charge on any atom is 0.416 e. The number of nitrogens with zero attached hydrogens (tertiary/aromatic N) is 1. The van der Waals surface area contributed by atoms with Crippen molar-refractivity contribution in [2.24, 2.45) is 5.10 Å². The number of sulfonamides is 1. The lowest BCUT2D eigenvalue weighted by Gasteiger charge is -2.21. The molecule has 0 aliphatic carbocycles. The highest BCUT2D eigenvalue weighted by Crippen LogP contribution is 2.36. The van der Waals surface area contributed by atoms with Crippen molar-refractivity contribution in [3.05, 3.63) is 92.4 Å². The fourth-order valence-corrected chi connectivity index (χ4v) is 6.07. The maximum atomic E-state index is 13.4. The molecule has 1 aliphatic rings. The lowest BCUT2D eigenvalue weighted by Crippen LogP contribution is -2.34. The molecule has 196 valence electrons. The van der Waals surface area contributed by atoms with Crippen LogP contribution in [0.1, 0.15) is 35.2 Å². The number of benzene rings is 3. The number of hydrogen-bond donors (Lipinski definition) is 2. The van der Waals surface area contributed by atoms with Crippen molar-refractivity contribution in [2.75, 3.05) is 7.11 Å². The molecule has 6 nitrogen and oxygen atoms in total. The Bertz CT molecular complexity index is 1450. The first-order valence-corrected chi connectivity index (χ1v) is 13.3. The SMILES string of the molecule is COc1ccc(C2CC(C(NS(=O)(=O)c3cc(C(F)(F)F)ccc3Cl)c3ccc(Cl)cc3Cl)=NN2)cc1. The van der Waals surface area contributed by atoms with Crippen LogP contribution in [0.5, 0.6) is 5.75 Å². The van der Waals surface area contributed by atoms with Crippen LogP contribution in [0.4, 0.5) is 13.2 Å². The molecule has 0 aromatic heterocycles. The second-order valence-corrected chi connectivity index (χ2v) is 11.1. The normalized spacial score (nSPS) is 16.7. The van der Waals surface area contributed by atoms with Crippen molar-refractivity contribution in [1.29, 1.82) is 0 Å². The molecule has 4 rings (SSSR count). The Morgan fingerprint density at radius 1 is 1.03 bits per heavy atom. The summed E-state index contributed by atoms with van der Waals surface area (Å²) < 4.78 is 74.2. The summed E-state index contributed by atoms with van der Waals surface area (Å²) in [6.45, 7) is 0. The number of hydrazone groups is 1. The smallest absolute Gasteiger partial charge is 0.416 e. The van der Waals surface area contributed by atoms with E-state index in [9.17, 15) is 21.6 Å². The van der Waals surface area contributed by atoms with Gasteiger partial charge in [0.25, 0.3) is 0 Å². The van der Waals surface area contributed by atoms with E-state index in [0.717, 1.165) is 11.6 Å². The lowest BCUT2D eigenvalue weighted by molar-refractivity contribution is -0.137. The minimum atomic E-state index is -4.77. The molecular formula is C24H19Cl3F3N3O3S. The Morgan fingerprint density at radius 3 is 2.35 bits per heavy atom. The van der Waals surface area contributed by atoms with Gasteiger partial charge in [0.15, 0.2) is 0 Å². The number of nitrogens with one attached hydrogen (secondary N) is 2. The predicted octanol–water partition coefficient (Wildman–Crippen LogP) is 6.78. The third-order valence-corrected chi connectivity index (χ3v) is 8.19. The molecule has 3 aromatic carbocycles. The average molecular weight is 593 g/mol. The van der Waals surface area contributed by atoms with Gasteiger partial charge in [-0.1, -0.05) is 53.0 Å². The zero-order valence-electron chi connectivity index (χ0n) is 19.0. The van der Waals surface area contributed by atoms with Crippen LogP contribution in [0.15, 0.2) is 70.7 Å². The van der Waals surface area contributed by atoms with Gasteiger partial charge in [-0.3, -0.25) is 0 Å². The van der Waals surface area contributed by atoms with Crippen LogP contribution in [-0.2, 0) is 16.2 Å². The topological polar surface area (TPSA) is 79.8 Å². The van der Waals surface area contributed by atoms with Gasteiger partial charge in [0, 0.05) is 16.5 Å². The van der Waals surface area contributed by atoms with E-state index in [4.69, 9.17) is 39.5 Å². The number of halogens is 6. The standard InChI is InChI=1S/C24H19Cl3F3N3O3S/c1-36-16-6-2-13(3-7-16)20-12-21(32-31-20)23(17-8-5-15(25)11-19(17)27)33-37(34,35)22-10-14(24(28,29)30)4-9-18(22)26/h2-11,20,23,31,33H,12H2,1H3. The van der Waals surface area contributed by atoms with E-state index < -0.39 is 32.7 Å². The molecule has 2 atom stereocenters. The summed E-state index contributed by atoms with van der Waals surface area (Å²) in [5.74, 6) is 0.666. The maximum absolute atomic E-state index is 13.4. The van der Waals surface area contributed by atoms with Crippen LogP contribution in [0.2, 0.25) is 15.1 Å². The van der Waals surface area contributed by atoms with Crippen molar-refractivity contribution in [3.8, 4) is 5.75 Å². The van der Waals surface area contributed by atoms with E-state index in [1.54, 1.807) is 19.2 Å². The van der Waals surface area contributed by atoms with Gasteiger partial charge in [0.2, 0.25) is 10.0 Å². The Hall–Kier alpha value is -2.50. The Balaban J connectivity index is 1.70. The first kappa shape index (κ1) is 27.5.